The Morgan fingerprint density at radius 1 is 1.25 bits per heavy atom. The molecule has 0 amide bonds. The van der Waals surface area contributed by atoms with Gasteiger partial charge in [0.15, 0.2) is 0 Å². The van der Waals surface area contributed by atoms with Gasteiger partial charge >= 0.3 is 0 Å². The highest BCUT2D eigenvalue weighted by Gasteiger charge is 2.57. The molecule has 2 aliphatic carbocycles. The lowest BCUT2D eigenvalue weighted by atomic mass is 9.99. The average Bonchev–Trinajstić information content (AvgIpc) is 2.97. The Morgan fingerprint density at radius 2 is 2.06 bits per heavy atom. The first-order valence-corrected chi connectivity index (χ1v) is 6.18. The largest absolute Gasteiger partial charge is 0.264 e. The van der Waals surface area contributed by atoms with Crippen molar-refractivity contribution in [3.05, 3.63) is 41.7 Å². The second kappa shape index (κ2) is 3.07. The van der Waals surface area contributed by atoms with Crippen LogP contribution in [0.15, 0.2) is 30.6 Å². The third kappa shape index (κ3) is 0.986. The van der Waals surface area contributed by atoms with E-state index in [9.17, 15) is 0 Å². The molecular formula is C15H17N. The fourth-order valence-electron chi connectivity index (χ4n) is 3.10. The molecule has 1 aromatic heterocycles. The monoisotopic (exact) mass is 211 g/mol. The molecule has 1 heteroatoms. The van der Waals surface area contributed by atoms with E-state index in [1.54, 1.807) is 5.56 Å². The predicted octanol–water partition coefficient (Wildman–Crippen LogP) is 4.02. The van der Waals surface area contributed by atoms with Crippen molar-refractivity contribution in [2.24, 2.45) is 0 Å². The van der Waals surface area contributed by atoms with Gasteiger partial charge in [-0.2, -0.15) is 0 Å². The fourth-order valence-corrected chi connectivity index (χ4v) is 3.10. The Balaban J connectivity index is 0.000000386. The molecule has 0 aliphatic heterocycles. The summed E-state index contributed by atoms with van der Waals surface area (Å²) in [5, 5.41) is 2.80. The first kappa shape index (κ1) is 9.83. The lowest BCUT2D eigenvalue weighted by Gasteiger charge is -2.07. The minimum absolute atomic E-state index is 0.427. The number of rotatable bonds is 0. The van der Waals surface area contributed by atoms with E-state index in [1.165, 1.54) is 22.8 Å². The molecule has 82 valence electrons. The maximum Gasteiger partial charge on any atom is 0.0346 e. The van der Waals surface area contributed by atoms with Crippen LogP contribution in [0.1, 0.15) is 44.2 Å². The predicted molar refractivity (Wildman–Crippen MR) is 67.8 cm³/mol. The lowest BCUT2D eigenvalue weighted by Crippen LogP contribution is -1.98. The molecule has 2 atom stereocenters. The van der Waals surface area contributed by atoms with Gasteiger partial charge in [-0.25, -0.2) is 0 Å². The van der Waals surface area contributed by atoms with E-state index in [4.69, 9.17) is 0 Å². The zero-order valence-electron chi connectivity index (χ0n) is 10.1. The van der Waals surface area contributed by atoms with Crippen LogP contribution in [0.5, 0.6) is 0 Å². The standard InChI is InChI=1S/C13H11N.C2H6/c1-13-5-10(13)9-4-2-3-8-6-14-7-11(13)12(8)9;1-2/h2-4,6-7,10H,5H2,1H3;1-2H3. The second-order valence-electron chi connectivity index (χ2n) is 4.81. The number of hydrogen-bond acceptors (Lipinski definition) is 1. The van der Waals surface area contributed by atoms with Crippen LogP contribution < -0.4 is 0 Å². The maximum atomic E-state index is 4.34. The Hall–Kier alpha value is -1.37. The van der Waals surface area contributed by atoms with Gasteiger partial charge in [-0.05, 0) is 28.9 Å². The number of aromatic nitrogens is 1. The van der Waals surface area contributed by atoms with Crippen LogP contribution in [0.25, 0.3) is 10.8 Å². The highest BCUT2D eigenvalue weighted by atomic mass is 14.7. The van der Waals surface area contributed by atoms with Crippen molar-refractivity contribution < 1.29 is 0 Å². The molecule has 1 heterocycles. The number of hydrogen-bond donors (Lipinski definition) is 0. The third-order valence-electron chi connectivity index (χ3n) is 4.04. The van der Waals surface area contributed by atoms with Crippen molar-refractivity contribution in [3.63, 3.8) is 0 Å². The number of pyridine rings is 1. The quantitative estimate of drug-likeness (QED) is 0.641. The molecule has 2 unspecified atom stereocenters. The summed E-state index contributed by atoms with van der Waals surface area (Å²) >= 11 is 0. The van der Waals surface area contributed by atoms with Gasteiger partial charge in [-0.1, -0.05) is 39.0 Å². The number of benzene rings is 1. The van der Waals surface area contributed by atoms with E-state index in [-0.39, 0.29) is 0 Å². The molecule has 0 spiro atoms. The van der Waals surface area contributed by atoms with Gasteiger partial charge in [0.05, 0.1) is 0 Å². The normalized spacial score (nSPS) is 28.3. The van der Waals surface area contributed by atoms with Crippen LogP contribution in [-0.2, 0) is 5.41 Å². The van der Waals surface area contributed by atoms with Gasteiger partial charge in [0, 0.05) is 23.2 Å². The summed E-state index contributed by atoms with van der Waals surface area (Å²) in [5.41, 5.74) is 3.47. The van der Waals surface area contributed by atoms with Gasteiger partial charge in [0.1, 0.15) is 0 Å². The molecule has 1 aromatic carbocycles. The minimum atomic E-state index is 0.427. The molecule has 1 nitrogen and oxygen atoms in total. The van der Waals surface area contributed by atoms with Gasteiger partial charge in [0.2, 0.25) is 0 Å². The minimum Gasteiger partial charge on any atom is -0.264 e. The molecule has 2 aromatic rings. The summed E-state index contributed by atoms with van der Waals surface area (Å²) in [6.07, 6.45) is 5.38. The van der Waals surface area contributed by atoms with E-state index >= 15 is 0 Å². The van der Waals surface area contributed by atoms with Gasteiger partial charge < -0.3 is 0 Å². The van der Waals surface area contributed by atoms with Crippen LogP contribution >= 0.6 is 0 Å². The first-order valence-electron chi connectivity index (χ1n) is 6.18. The van der Waals surface area contributed by atoms with E-state index in [1.807, 2.05) is 20.0 Å². The van der Waals surface area contributed by atoms with Crippen molar-refractivity contribution in [2.45, 2.75) is 38.5 Å². The summed E-state index contributed by atoms with van der Waals surface area (Å²) in [4.78, 5) is 4.34. The molecular weight excluding hydrogens is 194 g/mol. The van der Waals surface area contributed by atoms with Crippen LogP contribution in [0.4, 0.5) is 0 Å². The maximum absolute atomic E-state index is 4.34. The smallest absolute Gasteiger partial charge is 0.0346 e. The molecule has 1 saturated carbocycles. The van der Waals surface area contributed by atoms with Crippen molar-refractivity contribution in [1.82, 2.24) is 4.98 Å². The van der Waals surface area contributed by atoms with Crippen LogP contribution in [0.2, 0.25) is 0 Å². The molecule has 0 saturated heterocycles. The van der Waals surface area contributed by atoms with Crippen molar-refractivity contribution in [2.75, 3.05) is 0 Å². The molecule has 0 bridgehead atoms. The van der Waals surface area contributed by atoms with Crippen LogP contribution in [0, 0.1) is 0 Å². The summed E-state index contributed by atoms with van der Waals surface area (Å²) in [6.45, 7) is 6.37. The molecule has 1 fully saturated rings. The zero-order valence-corrected chi connectivity index (χ0v) is 10.1. The molecule has 16 heavy (non-hydrogen) atoms. The molecule has 2 aliphatic rings. The van der Waals surface area contributed by atoms with Gasteiger partial charge in [0.25, 0.3) is 0 Å². The Kier molecular flexibility index (Phi) is 1.88. The molecule has 4 rings (SSSR count). The lowest BCUT2D eigenvalue weighted by molar-refractivity contribution is 0.775. The second-order valence-corrected chi connectivity index (χ2v) is 4.81. The van der Waals surface area contributed by atoms with Crippen molar-refractivity contribution in [1.29, 1.82) is 0 Å². The van der Waals surface area contributed by atoms with Crippen LogP contribution in [-0.4, -0.2) is 4.98 Å². The summed E-state index contributed by atoms with van der Waals surface area (Å²) in [5.74, 6) is 0.783. The van der Waals surface area contributed by atoms with Crippen molar-refractivity contribution in [3.8, 4) is 0 Å². The summed E-state index contributed by atoms with van der Waals surface area (Å²) in [6, 6.07) is 6.62. The van der Waals surface area contributed by atoms with E-state index in [0.717, 1.165) is 5.92 Å². The highest BCUT2D eigenvalue weighted by molar-refractivity contribution is 5.94. The Labute approximate surface area is 96.5 Å². The Morgan fingerprint density at radius 3 is 2.88 bits per heavy atom. The molecule has 0 radical (unpaired) electrons. The SMILES string of the molecule is CC.CC12CC1c1cccc3cncc2c13. The summed E-state index contributed by atoms with van der Waals surface area (Å²) < 4.78 is 0. The average molecular weight is 211 g/mol. The number of nitrogens with zero attached hydrogens (tertiary/aromatic N) is 1. The van der Waals surface area contributed by atoms with E-state index < -0.39 is 0 Å². The first-order chi connectivity index (χ1) is 7.81. The van der Waals surface area contributed by atoms with E-state index in [0.29, 0.717) is 5.41 Å². The van der Waals surface area contributed by atoms with Gasteiger partial charge in [-0.15, -0.1) is 0 Å². The summed E-state index contributed by atoms with van der Waals surface area (Å²) in [7, 11) is 0. The van der Waals surface area contributed by atoms with E-state index in [2.05, 4.69) is 36.3 Å². The Bertz CT molecular complexity index is 553. The highest BCUT2D eigenvalue weighted by Crippen LogP contribution is 2.67. The zero-order chi connectivity index (χ0) is 11.3. The topological polar surface area (TPSA) is 12.9 Å². The number of fused-ring (bicyclic) bond motifs is 3. The van der Waals surface area contributed by atoms with Crippen molar-refractivity contribution >= 4 is 10.8 Å². The van der Waals surface area contributed by atoms with Crippen LogP contribution in [0.3, 0.4) is 0 Å². The fraction of sp³-hybridized carbons (Fsp3) is 0.400. The molecule has 0 N–H and O–H groups in total. The third-order valence-corrected chi connectivity index (χ3v) is 4.04. The van der Waals surface area contributed by atoms with Gasteiger partial charge in [-0.3, -0.25) is 4.98 Å².